The fraction of sp³-hybridized carbons (Fsp3) is 0.444. The normalized spacial score (nSPS) is 8.58. The molecule has 0 bridgehead atoms. The topological polar surface area (TPSA) is 42.1 Å². The zero-order valence-electron chi connectivity index (χ0n) is 7.76. The standard InChI is InChI=1S/C6H7NO.C3H8O/c1-5-2-3-7-6(5)4-8;1-3-4-2/h2-4,7H,1H3;3H2,1-2H3. The summed E-state index contributed by atoms with van der Waals surface area (Å²) in [5, 5.41) is 0. The van der Waals surface area contributed by atoms with Gasteiger partial charge in [-0.3, -0.25) is 4.79 Å². The second kappa shape index (κ2) is 6.61. The molecule has 1 aromatic rings. The van der Waals surface area contributed by atoms with Crippen molar-refractivity contribution in [3.05, 3.63) is 23.5 Å². The van der Waals surface area contributed by atoms with Crippen molar-refractivity contribution in [1.29, 1.82) is 0 Å². The van der Waals surface area contributed by atoms with Crippen molar-refractivity contribution in [2.24, 2.45) is 0 Å². The minimum Gasteiger partial charge on any atom is -0.385 e. The molecule has 0 fully saturated rings. The van der Waals surface area contributed by atoms with Crippen LogP contribution in [0, 0.1) is 6.92 Å². The Kier molecular flexibility index (Phi) is 6.01. The van der Waals surface area contributed by atoms with E-state index >= 15 is 0 Å². The van der Waals surface area contributed by atoms with Gasteiger partial charge in [-0.1, -0.05) is 0 Å². The monoisotopic (exact) mass is 169 g/mol. The van der Waals surface area contributed by atoms with Crippen molar-refractivity contribution >= 4 is 6.29 Å². The SMILES string of the molecule is CCOC.Cc1cc[nH]c1C=O. The molecule has 0 atom stereocenters. The molecule has 0 aliphatic carbocycles. The minimum atomic E-state index is 0.671. The second-order valence-corrected chi connectivity index (χ2v) is 2.27. The highest BCUT2D eigenvalue weighted by Crippen LogP contribution is 1.98. The first-order valence-electron chi connectivity index (χ1n) is 3.84. The Morgan fingerprint density at radius 2 is 2.25 bits per heavy atom. The molecule has 0 spiro atoms. The Labute approximate surface area is 72.7 Å². The van der Waals surface area contributed by atoms with Crippen LogP contribution >= 0.6 is 0 Å². The molecule has 0 saturated carbocycles. The summed E-state index contributed by atoms with van der Waals surface area (Å²) >= 11 is 0. The Morgan fingerprint density at radius 3 is 2.42 bits per heavy atom. The number of nitrogens with one attached hydrogen (secondary N) is 1. The average Bonchev–Trinajstić information content (AvgIpc) is 2.51. The van der Waals surface area contributed by atoms with E-state index in [1.807, 2.05) is 19.9 Å². The molecule has 1 rings (SSSR count). The molecule has 0 saturated heterocycles. The summed E-state index contributed by atoms with van der Waals surface area (Å²) in [6, 6.07) is 1.86. The van der Waals surface area contributed by atoms with Crippen molar-refractivity contribution < 1.29 is 9.53 Å². The number of aromatic amines is 1. The largest absolute Gasteiger partial charge is 0.385 e. The molecule has 0 aliphatic heterocycles. The number of aryl methyl sites for hydroxylation is 1. The van der Waals surface area contributed by atoms with E-state index < -0.39 is 0 Å². The van der Waals surface area contributed by atoms with Gasteiger partial charge in [0.25, 0.3) is 0 Å². The Hall–Kier alpha value is -1.09. The summed E-state index contributed by atoms with van der Waals surface area (Å²) in [4.78, 5) is 12.8. The molecule has 0 amide bonds. The van der Waals surface area contributed by atoms with Crippen LogP contribution in [0.5, 0.6) is 0 Å². The smallest absolute Gasteiger partial charge is 0.166 e. The van der Waals surface area contributed by atoms with E-state index in [4.69, 9.17) is 0 Å². The number of aromatic nitrogens is 1. The number of carbonyl (C=O) groups is 1. The van der Waals surface area contributed by atoms with Crippen molar-refractivity contribution in [3.8, 4) is 0 Å². The van der Waals surface area contributed by atoms with Gasteiger partial charge in [-0.2, -0.15) is 0 Å². The molecule has 0 unspecified atom stereocenters. The molecule has 1 heterocycles. The molecule has 0 aromatic carbocycles. The molecule has 1 N–H and O–H groups in total. The lowest BCUT2D eigenvalue weighted by Crippen LogP contribution is -1.79. The van der Waals surface area contributed by atoms with Gasteiger partial charge in [0.2, 0.25) is 0 Å². The van der Waals surface area contributed by atoms with Crippen LogP contribution in [-0.2, 0) is 4.74 Å². The van der Waals surface area contributed by atoms with Gasteiger partial charge < -0.3 is 9.72 Å². The predicted molar refractivity (Wildman–Crippen MR) is 48.5 cm³/mol. The van der Waals surface area contributed by atoms with E-state index in [0.29, 0.717) is 5.69 Å². The highest BCUT2D eigenvalue weighted by Gasteiger charge is 1.92. The highest BCUT2D eigenvalue weighted by atomic mass is 16.5. The van der Waals surface area contributed by atoms with E-state index in [9.17, 15) is 4.79 Å². The highest BCUT2D eigenvalue weighted by molar-refractivity contribution is 5.74. The van der Waals surface area contributed by atoms with Crippen molar-refractivity contribution in [2.75, 3.05) is 13.7 Å². The van der Waals surface area contributed by atoms with Crippen molar-refractivity contribution in [2.45, 2.75) is 13.8 Å². The number of ether oxygens (including phenoxy) is 1. The van der Waals surface area contributed by atoms with Crippen LogP contribution in [-0.4, -0.2) is 25.0 Å². The quantitative estimate of drug-likeness (QED) is 0.686. The first-order valence-corrected chi connectivity index (χ1v) is 3.84. The fourth-order valence-corrected chi connectivity index (χ4v) is 0.587. The molecule has 0 aliphatic rings. The van der Waals surface area contributed by atoms with Gasteiger partial charge in [-0.15, -0.1) is 0 Å². The summed E-state index contributed by atoms with van der Waals surface area (Å²) in [5.41, 5.74) is 1.67. The first kappa shape index (κ1) is 10.9. The zero-order chi connectivity index (χ0) is 9.40. The summed E-state index contributed by atoms with van der Waals surface area (Å²) in [7, 11) is 1.68. The number of hydrogen-bond donors (Lipinski definition) is 1. The van der Waals surface area contributed by atoms with Gasteiger partial charge in [-0.25, -0.2) is 0 Å². The van der Waals surface area contributed by atoms with Gasteiger partial charge in [0.15, 0.2) is 6.29 Å². The first-order chi connectivity index (χ1) is 5.76. The Balaban J connectivity index is 0.000000261. The van der Waals surface area contributed by atoms with Crippen LogP contribution in [0.25, 0.3) is 0 Å². The molecule has 3 heteroatoms. The van der Waals surface area contributed by atoms with Crippen LogP contribution < -0.4 is 0 Å². The number of carbonyl (C=O) groups excluding carboxylic acids is 1. The molecule has 0 radical (unpaired) electrons. The third-order valence-electron chi connectivity index (χ3n) is 1.40. The molecular formula is C9H15NO2. The van der Waals surface area contributed by atoms with Crippen LogP contribution in [0.2, 0.25) is 0 Å². The van der Waals surface area contributed by atoms with E-state index in [1.165, 1.54) is 0 Å². The zero-order valence-corrected chi connectivity index (χ0v) is 7.76. The third-order valence-corrected chi connectivity index (χ3v) is 1.40. The van der Waals surface area contributed by atoms with E-state index in [1.54, 1.807) is 13.3 Å². The summed E-state index contributed by atoms with van der Waals surface area (Å²) in [6.07, 6.45) is 2.56. The minimum absolute atomic E-state index is 0.671. The van der Waals surface area contributed by atoms with Crippen molar-refractivity contribution in [3.63, 3.8) is 0 Å². The fourth-order valence-electron chi connectivity index (χ4n) is 0.587. The maximum Gasteiger partial charge on any atom is 0.166 e. The van der Waals surface area contributed by atoms with Crippen LogP contribution in [0.4, 0.5) is 0 Å². The number of aldehydes is 1. The second-order valence-electron chi connectivity index (χ2n) is 2.27. The lowest BCUT2D eigenvalue weighted by molar-refractivity contribution is 0.111. The van der Waals surface area contributed by atoms with Crippen LogP contribution in [0.15, 0.2) is 12.3 Å². The van der Waals surface area contributed by atoms with Gasteiger partial charge in [-0.05, 0) is 25.5 Å². The molecule has 1 aromatic heterocycles. The molecule has 12 heavy (non-hydrogen) atoms. The summed E-state index contributed by atoms with van der Waals surface area (Å²) in [6.45, 7) is 4.67. The molecule has 68 valence electrons. The maximum atomic E-state index is 10.1. The average molecular weight is 169 g/mol. The van der Waals surface area contributed by atoms with E-state index in [-0.39, 0.29) is 0 Å². The van der Waals surface area contributed by atoms with Gasteiger partial charge in [0.05, 0.1) is 5.69 Å². The summed E-state index contributed by atoms with van der Waals surface area (Å²) < 4.78 is 4.54. The van der Waals surface area contributed by atoms with Gasteiger partial charge in [0, 0.05) is 19.9 Å². The summed E-state index contributed by atoms with van der Waals surface area (Å²) in [5.74, 6) is 0. The van der Waals surface area contributed by atoms with Gasteiger partial charge in [0.1, 0.15) is 0 Å². The maximum absolute atomic E-state index is 10.1. The number of hydrogen-bond acceptors (Lipinski definition) is 2. The Morgan fingerprint density at radius 1 is 1.67 bits per heavy atom. The van der Waals surface area contributed by atoms with Crippen molar-refractivity contribution in [1.82, 2.24) is 4.98 Å². The molecule has 3 nitrogen and oxygen atoms in total. The van der Waals surface area contributed by atoms with E-state index in [2.05, 4.69) is 9.72 Å². The Bertz CT molecular complexity index is 216. The van der Waals surface area contributed by atoms with E-state index in [0.717, 1.165) is 18.5 Å². The third kappa shape index (κ3) is 3.93. The van der Waals surface area contributed by atoms with Gasteiger partial charge >= 0.3 is 0 Å². The van der Waals surface area contributed by atoms with Crippen LogP contribution in [0.1, 0.15) is 23.0 Å². The predicted octanol–water partition coefficient (Wildman–Crippen LogP) is 1.79. The number of methoxy groups -OCH3 is 1. The van der Waals surface area contributed by atoms with Crippen LogP contribution in [0.3, 0.4) is 0 Å². The lowest BCUT2D eigenvalue weighted by atomic mass is 10.3. The molecular weight excluding hydrogens is 154 g/mol. The number of rotatable bonds is 2. The number of H-pyrrole nitrogens is 1. The lowest BCUT2D eigenvalue weighted by Gasteiger charge is -1.80.